The summed E-state index contributed by atoms with van der Waals surface area (Å²) in [7, 11) is -2.31. The van der Waals surface area contributed by atoms with Crippen LogP contribution in [0.3, 0.4) is 0 Å². The number of rotatable bonds is 5. The molecule has 0 aliphatic carbocycles. The highest BCUT2D eigenvalue weighted by molar-refractivity contribution is 7.92. The van der Waals surface area contributed by atoms with Crippen LogP contribution < -0.4 is 10.3 Å². The highest BCUT2D eigenvalue weighted by Gasteiger charge is 2.16. The normalized spacial score (nSPS) is 11.7. The molecule has 3 aromatic rings. The van der Waals surface area contributed by atoms with Crippen molar-refractivity contribution in [2.45, 2.75) is 18.4 Å². The minimum absolute atomic E-state index is 0.0442. The highest BCUT2D eigenvalue weighted by atomic mass is 35.5. The molecule has 0 spiro atoms. The molecule has 6 nitrogen and oxygen atoms in total. The van der Waals surface area contributed by atoms with E-state index in [9.17, 15) is 13.2 Å². The van der Waals surface area contributed by atoms with Crippen LogP contribution in [0.15, 0.2) is 56.6 Å². The predicted octanol–water partition coefficient (Wildman–Crippen LogP) is 3.70. The zero-order chi connectivity index (χ0) is 18.9. The predicted molar refractivity (Wildman–Crippen MR) is 100 cm³/mol. The van der Waals surface area contributed by atoms with Gasteiger partial charge in [0.25, 0.3) is 10.0 Å². The fourth-order valence-electron chi connectivity index (χ4n) is 2.52. The van der Waals surface area contributed by atoms with Crippen molar-refractivity contribution in [1.82, 2.24) is 0 Å². The molecule has 0 bridgehead atoms. The molecule has 0 saturated carbocycles. The third kappa shape index (κ3) is 3.75. The molecule has 0 aliphatic heterocycles. The van der Waals surface area contributed by atoms with Gasteiger partial charge in [-0.05, 0) is 42.3 Å². The van der Waals surface area contributed by atoms with Gasteiger partial charge in [-0.3, -0.25) is 4.72 Å². The zero-order valence-corrected chi connectivity index (χ0v) is 15.6. The van der Waals surface area contributed by atoms with Crippen LogP contribution in [0.1, 0.15) is 11.1 Å². The molecule has 0 atom stereocenters. The van der Waals surface area contributed by atoms with Crippen molar-refractivity contribution in [3.05, 3.63) is 69.0 Å². The monoisotopic (exact) mass is 393 g/mol. The molecule has 26 heavy (non-hydrogen) atoms. The maximum atomic E-state index is 12.6. The molecule has 0 fully saturated rings. The molecule has 1 heterocycles. The maximum absolute atomic E-state index is 12.6. The Bertz CT molecular complexity index is 1140. The Kier molecular flexibility index (Phi) is 5.04. The molecule has 1 aromatic heterocycles. The van der Waals surface area contributed by atoms with E-state index in [0.29, 0.717) is 16.0 Å². The van der Waals surface area contributed by atoms with Gasteiger partial charge in [0.05, 0.1) is 17.2 Å². The summed E-state index contributed by atoms with van der Waals surface area (Å²) < 4.78 is 37.8. The van der Waals surface area contributed by atoms with Crippen LogP contribution in [0.2, 0.25) is 5.02 Å². The number of hydrogen-bond acceptors (Lipinski definition) is 5. The summed E-state index contributed by atoms with van der Waals surface area (Å²) >= 11 is 6.01. The van der Waals surface area contributed by atoms with Gasteiger partial charge in [0.15, 0.2) is 0 Å². The largest absolute Gasteiger partial charge is 0.423 e. The van der Waals surface area contributed by atoms with Gasteiger partial charge in [-0.1, -0.05) is 17.7 Å². The Morgan fingerprint density at radius 1 is 1.15 bits per heavy atom. The third-order valence-electron chi connectivity index (χ3n) is 3.84. The van der Waals surface area contributed by atoms with E-state index < -0.39 is 15.6 Å². The number of fused-ring (bicyclic) bond motifs is 1. The van der Waals surface area contributed by atoms with Crippen molar-refractivity contribution in [2.24, 2.45) is 0 Å². The summed E-state index contributed by atoms with van der Waals surface area (Å²) in [5.74, 6) is 0. The highest BCUT2D eigenvalue weighted by Crippen LogP contribution is 2.25. The molecular formula is C18H16ClNO5S. The van der Waals surface area contributed by atoms with Gasteiger partial charge in [0.1, 0.15) is 5.58 Å². The Hall–Kier alpha value is -2.35. The van der Waals surface area contributed by atoms with Crippen LogP contribution in [0.4, 0.5) is 5.69 Å². The molecule has 2 aromatic carbocycles. The van der Waals surface area contributed by atoms with E-state index in [1.54, 1.807) is 25.1 Å². The molecule has 0 unspecified atom stereocenters. The minimum atomic E-state index is -3.83. The molecule has 8 heteroatoms. The first-order valence-corrected chi connectivity index (χ1v) is 9.51. The maximum Gasteiger partial charge on any atom is 0.336 e. The minimum Gasteiger partial charge on any atom is -0.423 e. The van der Waals surface area contributed by atoms with E-state index in [4.69, 9.17) is 20.8 Å². The number of halogens is 1. The van der Waals surface area contributed by atoms with Crippen molar-refractivity contribution >= 4 is 38.3 Å². The lowest BCUT2D eigenvalue weighted by atomic mass is 10.1. The molecule has 0 amide bonds. The number of ether oxygens (including phenoxy) is 1. The average molecular weight is 394 g/mol. The Morgan fingerprint density at radius 2 is 1.92 bits per heavy atom. The lowest BCUT2D eigenvalue weighted by molar-refractivity contribution is 0.185. The van der Waals surface area contributed by atoms with Gasteiger partial charge >= 0.3 is 5.63 Å². The first kappa shape index (κ1) is 18.4. The van der Waals surface area contributed by atoms with E-state index in [1.807, 2.05) is 0 Å². The lowest BCUT2D eigenvalue weighted by Crippen LogP contribution is -2.13. The number of nitrogens with one attached hydrogen (secondary N) is 1. The fourth-order valence-corrected chi connectivity index (χ4v) is 3.84. The number of methoxy groups -OCH3 is 1. The number of anilines is 1. The van der Waals surface area contributed by atoms with Crippen LogP contribution in [-0.4, -0.2) is 15.5 Å². The second-order valence-corrected chi connectivity index (χ2v) is 7.84. The standard InChI is InChI=1S/C18H16ClNO5S/c1-11-3-5-14(9-16(11)19)26(22,23)20-13-4-6-15-12(10-24-2)7-18(21)25-17(15)8-13/h3-9,20H,10H2,1-2H3. The van der Waals surface area contributed by atoms with Gasteiger partial charge < -0.3 is 9.15 Å². The first-order valence-electron chi connectivity index (χ1n) is 7.65. The van der Waals surface area contributed by atoms with E-state index in [0.717, 1.165) is 5.56 Å². The van der Waals surface area contributed by atoms with Gasteiger partial charge in [0, 0.05) is 29.7 Å². The average Bonchev–Trinajstić information content (AvgIpc) is 2.56. The van der Waals surface area contributed by atoms with E-state index in [2.05, 4.69) is 4.72 Å². The first-order chi connectivity index (χ1) is 12.3. The second kappa shape index (κ2) is 7.11. The summed E-state index contributed by atoms with van der Waals surface area (Å²) in [6.07, 6.45) is 0. The van der Waals surface area contributed by atoms with E-state index in [1.165, 1.54) is 31.4 Å². The lowest BCUT2D eigenvalue weighted by Gasteiger charge is -2.10. The number of aryl methyl sites for hydroxylation is 1. The third-order valence-corrected chi connectivity index (χ3v) is 5.62. The van der Waals surface area contributed by atoms with Crippen LogP contribution in [0, 0.1) is 6.92 Å². The quantitative estimate of drug-likeness (QED) is 0.668. The molecule has 0 saturated heterocycles. The van der Waals surface area contributed by atoms with Crippen molar-refractivity contribution in [2.75, 3.05) is 11.8 Å². The van der Waals surface area contributed by atoms with Gasteiger partial charge in [-0.25, -0.2) is 13.2 Å². The summed E-state index contributed by atoms with van der Waals surface area (Å²) in [6, 6.07) is 10.6. The summed E-state index contributed by atoms with van der Waals surface area (Å²) in [6.45, 7) is 2.03. The van der Waals surface area contributed by atoms with Crippen molar-refractivity contribution < 1.29 is 17.6 Å². The molecule has 136 valence electrons. The van der Waals surface area contributed by atoms with Crippen molar-refractivity contribution in [1.29, 1.82) is 0 Å². The SMILES string of the molecule is COCc1cc(=O)oc2cc(NS(=O)(=O)c3ccc(C)c(Cl)c3)ccc12. The summed E-state index contributed by atoms with van der Waals surface area (Å²) in [4.78, 5) is 11.7. The summed E-state index contributed by atoms with van der Waals surface area (Å²) in [5, 5.41) is 1.04. The fraction of sp³-hybridized carbons (Fsp3) is 0.167. The number of benzene rings is 2. The van der Waals surface area contributed by atoms with Crippen LogP contribution in [0.5, 0.6) is 0 Å². The summed E-state index contributed by atoms with van der Waals surface area (Å²) in [5.41, 5.74) is 1.45. The second-order valence-electron chi connectivity index (χ2n) is 5.75. The molecule has 0 aliphatic rings. The topological polar surface area (TPSA) is 85.6 Å². The van der Waals surface area contributed by atoms with Crippen LogP contribution >= 0.6 is 11.6 Å². The van der Waals surface area contributed by atoms with Gasteiger partial charge in [0.2, 0.25) is 0 Å². The molecule has 1 N–H and O–H groups in total. The van der Waals surface area contributed by atoms with Gasteiger partial charge in [-0.15, -0.1) is 0 Å². The zero-order valence-electron chi connectivity index (χ0n) is 14.1. The Balaban J connectivity index is 2.00. The van der Waals surface area contributed by atoms with E-state index in [-0.39, 0.29) is 22.8 Å². The number of hydrogen-bond donors (Lipinski definition) is 1. The Morgan fingerprint density at radius 3 is 2.62 bits per heavy atom. The Labute approximate surface area is 155 Å². The van der Waals surface area contributed by atoms with Crippen LogP contribution in [0.25, 0.3) is 11.0 Å². The molecular weight excluding hydrogens is 378 g/mol. The molecule has 0 radical (unpaired) electrons. The van der Waals surface area contributed by atoms with Crippen molar-refractivity contribution in [3.63, 3.8) is 0 Å². The van der Waals surface area contributed by atoms with E-state index >= 15 is 0 Å². The molecule has 3 rings (SSSR count). The van der Waals surface area contributed by atoms with Crippen molar-refractivity contribution in [3.8, 4) is 0 Å². The van der Waals surface area contributed by atoms with Gasteiger partial charge in [-0.2, -0.15) is 0 Å². The van der Waals surface area contributed by atoms with Crippen LogP contribution in [-0.2, 0) is 21.4 Å². The smallest absolute Gasteiger partial charge is 0.336 e. The number of sulfonamides is 1.